The number of amides is 1. The third-order valence-electron chi connectivity index (χ3n) is 6.89. The number of carbonyl (C=O) groups excluding carboxylic acids is 1. The fraction of sp³-hybridized carbons (Fsp3) is 0.429. The van der Waals surface area contributed by atoms with E-state index in [2.05, 4.69) is 17.9 Å². The predicted molar refractivity (Wildman–Crippen MR) is 153 cm³/mol. The first-order valence-electron chi connectivity index (χ1n) is 12.7. The molecule has 4 rings (SSSR count). The highest BCUT2D eigenvalue weighted by Crippen LogP contribution is 2.37. The Labute approximate surface area is 227 Å². The number of carbonyl (C=O) groups is 1. The maximum Gasteiger partial charge on any atom is 0.270 e. The minimum atomic E-state index is -0.252. The summed E-state index contributed by atoms with van der Waals surface area (Å²) < 4.78 is 7.47. The molecule has 3 heterocycles. The summed E-state index contributed by atoms with van der Waals surface area (Å²) in [5.41, 5.74) is 2.21. The molecule has 0 aliphatic carbocycles. The maximum absolute atomic E-state index is 13.5. The van der Waals surface area contributed by atoms with Gasteiger partial charge in [0.2, 0.25) is 0 Å². The number of ether oxygens (including phenoxy) is 1. The summed E-state index contributed by atoms with van der Waals surface area (Å²) in [6, 6.07) is 9.69. The SMILES string of the molecule is CCCCn1c(N2CCCCC2)c(C=C2SC(=S)N(Cc3ccc(OC)cc3)C2=O)c(C)c(C#N)c1=O. The van der Waals surface area contributed by atoms with Gasteiger partial charge in [0.15, 0.2) is 0 Å². The van der Waals surface area contributed by atoms with Gasteiger partial charge in [0, 0.05) is 25.2 Å². The van der Waals surface area contributed by atoms with E-state index in [0.29, 0.717) is 27.9 Å². The number of methoxy groups -OCH3 is 1. The highest BCUT2D eigenvalue weighted by atomic mass is 32.2. The van der Waals surface area contributed by atoms with Crippen LogP contribution in [0.3, 0.4) is 0 Å². The van der Waals surface area contributed by atoms with Crippen molar-refractivity contribution in [1.29, 1.82) is 5.26 Å². The van der Waals surface area contributed by atoms with Crippen LogP contribution in [0, 0.1) is 18.3 Å². The fourth-order valence-electron chi connectivity index (χ4n) is 4.80. The van der Waals surface area contributed by atoms with Crippen molar-refractivity contribution >= 4 is 46.1 Å². The molecule has 2 saturated heterocycles. The minimum Gasteiger partial charge on any atom is -0.497 e. The van der Waals surface area contributed by atoms with Crippen LogP contribution in [-0.4, -0.2) is 39.9 Å². The number of pyridine rings is 1. The number of unbranched alkanes of at least 4 members (excludes halogenated alkanes) is 1. The third-order valence-corrected chi connectivity index (χ3v) is 8.26. The molecule has 194 valence electrons. The zero-order valence-corrected chi connectivity index (χ0v) is 23.2. The van der Waals surface area contributed by atoms with E-state index in [4.69, 9.17) is 17.0 Å². The summed E-state index contributed by atoms with van der Waals surface area (Å²) in [5.74, 6) is 1.40. The van der Waals surface area contributed by atoms with Crippen LogP contribution in [0.1, 0.15) is 61.3 Å². The van der Waals surface area contributed by atoms with Crippen molar-refractivity contribution in [3.05, 3.63) is 61.8 Å². The van der Waals surface area contributed by atoms with Crippen LogP contribution in [0.2, 0.25) is 0 Å². The number of nitriles is 1. The maximum atomic E-state index is 13.5. The lowest BCUT2D eigenvalue weighted by atomic mass is 10.0. The van der Waals surface area contributed by atoms with Gasteiger partial charge in [0.05, 0.1) is 18.6 Å². The molecule has 0 N–H and O–H groups in total. The molecule has 1 aromatic heterocycles. The lowest BCUT2D eigenvalue weighted by molar-refractivity contribution is -0.122. The van der Waals surface area contributed by atoms with Crippen molar-refractivity contribution in [2.24, 2.45) is 0 Å². The molecule has 37 heavy (non-hydrogen) atoms. The first-order valence-corrected chi connectivity index (χ1v) is 13.9. The molecule has 2 aliphatic rings. The van der Waals surface area contributed by atoms with Crippen molar-refractivity contribution in [1.82, 2.24) is 9.47 Å². The number of rotatable bonds is 8. The molecule has 0 spiro atoms. The molecule has 0 saturated carbocycles. The van der Waals surface area contributed by atoms with E-state index < -0.39 is 0 Å². The molecular formula is C28H32N4O3S2. The van der Waals surface area contributed by atoms with E-state index in [1.54, 1.807) is 16.6 Å². The zero-order valence-electron chi connectivity index (χ0n) is 21.6. The number of hydrogen-bond acceptors (Lipinski definition) is 7. The zero-order chi connectivity index (χ0) is 26.5. The van der Waals surface area contributed by atoms with Crippen LogP contribution in [-0.2, 0) is 17.9 Å². The lowest BCUT2D eigenvalue weighted by Gasteiger charge is -2.33. The van der Waals surface area contributed by atoms with E-state index in [-0.39, 0.29) is 17.0 Å². The molecule has 1 amide bonds. The second-order valence-corrected chi connectivity index (χ2v) is 11.0. The van der Waals surface area contributed by atoms with Gasteiger partial charge >= 0.3 is 0 Å². The van der Waals surface area contributed by atoms with E-state index in [9.17, 15) is 14.9 Å². The van der Waals surface area contributed by atoms with Gasteiger partial charge < -0.3 is 9.64 Å². The quantitative estimate of drug-likeness (QED) is 0.338. The average molecular weight is 537 g/mol. The first kappa shape index (κ1) is 27.0. The number of thioether (sulfide) groups is 1. The van der Waals surface area contributed by atoms with Gasteiger partial charge in [-0.1, -0.05) is 49.5 Å². The second-order valence-electron chi connectivity index (χ2n) is 9.32. The van der Waals surface area contributed by atoms with Gasteiger partial charge in [-0.15, -0.1) is 0 Å². The standard InChI is InChI=1S/C28H32N4O3S2/c1-4-5-15-31-25(30-13-7-6-8-14-30)22(19(2)23(17-29)26(31)33)16-24-27(34)32(28(36)37-24)18-20-9-11-21(35-3)12-10-20/h9-12,16H,4-8,13-15,18H2,1-3H3. The molecule has 2 fully saturated rings. The predicted octanol–water partition coefficient (Wildman–Crippen LogP) is 5.23. The molecule has 2 aromatic rings. The van der Waals surface area contributed by atoms with Gasteiger partial charge in [0.1, 0.15) is 27.5 Å². The summed E-state index contributed by atoms with van der Waals surface area (Å²) >= 11 is 6.85. The number of benzene rings is 1. The molecule has 9 heteroatoms. The highest BCUT2D eigenvalue weighted by molar-refractivity contribution is 8.26. The second kappa shape index (κ2) is 12.0. The Morgan fingerprint density at radius 1 is 1.16 bits per heavy atom. The Bertz CT molecular complexity index is 1320. The molecule has 1 aromatic carbocycles. The van der Waals surface area contributed by atoms with Crippen molar-refractivity contribution in [2.75, 3.05) is 25.1 Å². The van der Waals surface area contributed by atoms with E-state index in [1.807, 2.05) is 37.3 Å². The van der Waals surface area contributed by atoms with Crippen LogP contribution < -0.4 is 15.2 Å². The average Bonchev–Trinajstić information content (AvgIpc) is 3.18. The van der Waals surface area contributed by atoms with Crippen LogP contribution in [0.5, 0.6) is 5.75 Å². The van der Waals surface area contributed by atoms with Crippen LogP contribution in [0.15, 0.2) is 34.0 Å². The Morgan fingerprint density at radius 3 is 2.49 bits per heavy atom. The van der Waals surface area contributed by atoms with E-state index in [1.165, 1.54) is 11.8 Å². The minimum absolute atomic E-state index is 0.136. The Morgan fingerprint density at radius 2 is 1.86 bits per heavy atom. The van der Waals surface area contributed by atoms with Crippen molar-refractivity contribution < 1.29 is 9.53 Å². The summed E-state index contributed by atoms with van der Waals surface area (Å²) in [5, 5.41) is 9.87. The summed E-state index contributed by atoms with van der Waals surface area (Å²) in [6.07, 6.45) is 6.85. The van der Waals surface area contributed by atoms with Crippen LogP contribution >= 0.6 is 24.0 Å². The number of piperidine rings is 1. The molecule has 0 radical (unpaired) electrons. The Hall–Kier alpha value is -3.09. The molecule has 0 unspecified atom stereocenters. The number of aromatic nitrogens is 1. The smallest absolute Gasteiger partial charge is 0.270 e. The summed E-state index contributed by atoms with van der Waals surface area (Å²) in [7, 11) is 1.62. The van der Waals surface area contributed by atoms with Gasteiger partial charge in [-0.25, -0.2) is 0 Å². The van der Waals surface area contributed by atoms with E-state index in [0.717, 1.165) is 67.9 Å². The topological polar surface area (TPSA) is 78.6 Å². The lowest BCUT2D eigenvalue weighted by Crippen LogP contribution is -2.37. The molecule has 0 bridgehead atoms. The Balaban J connectivity index is 1.78. The normalized spacial score (nSPS) is 17.0. The number of hydrogen-bond donors (Lipinski definition) is 0. The van der Waals surface area contributed by atoms with E-state index >= 15 is 0 Å². The fourth-order valence-corrected chi connectivity index (χ4v) is 6.03. The Kier molecular flexibility index (Phi) is 8.72. The van der Waals surface area contributed by atoms with Crippen LogP contribution in [0.4, 0.5) is 5.82 Å². The van der Waals surface area contributed by atoms with Gasteiger partial charge in [0.25, 0.3) is 11.5 Å². The molecular weight excluding hydrogens is 504 g/mol. The number of thiocarbonyl (C=S) groups is 1. The molecule has 0 atom stereocenters. The molecule has 7 nitrogen and oxygen atoms in total. The monoisotopic (exact) mass is 536 g/mol. The van der Waals surface area contributed by atoms with Crippen molar-refractivity contribution in [2.45, 2.75) is 59.0 Å². The summed E-state index contributed by atoms with van der Waals surface area (Å²) in [4.78, 5) is 31.2. The third kappa shape index (κ3) is 5.60. The largest absolute Gasteiger partial charge is 0.497 e. The molecule has 2 aliphatic heterocycles. The summed E-state index contributed by atoms with van der Waals surface area (Å²) in [6.45, 7) is 6.48. The first-order chi connectivity index (χ1) is 17.9. The van der Waals surface area contributed by atoms with Gasteiger partial charge in [-0.05, 0) is 61.9 Å². The van der Waals surface area contributed by atoms with Gasteiger partial charge in [-0.3, -0.25) is 19.1 Å². The van der Waals surface area contributed by atoms with Crippen molar-refractivity contribution in [3.63, 3.8) is 0 Å². The van der Waals surface area contributed by atoms with Crippen LogP contribution in [0.25, 0.3) is 6.08 Å². The number of nitrogens with zero attached hydrogens (tertiary/aromatic N) is 4. The highest BCUT2D eigenvalue weighted by Gasteiger charge is 2.33. The number of anilines is 1. The van der Waals surface area contributed by atoms with Crippen molar-refractivity contribution in [3.8, 4) is 11.8 Å². The van der Waals surface area contributed by atoms with Gasteiger partial charge in [-0.2, -0.15) is 5.26 Å².